The molecule has 0 atom stereocenters. The zero-order chi connectivity index (χ0) is 13.5. The maximum atomic E-state index is 5.60. The molecule has 0 saturated carbocycles. The molecule has 6 heteroatoms. The van der Waals surface area contributed by atoms with E-state index in [-0.39, 0.29) is 0 Å². The van der Waals surface area contributed by atoms with E-state index < -0.39 is 0 Å². The fourth-order valence-electron chi connectivity index (χ4n) is 1.42. The molecule has 0 saturated heterocycles. The lowest BCUT2D eigenvalue weighted by atomic mass is 10.3. The molecule has 1 aromatic carbocycles. The Bertz CT molecular complexity index is 500. The molecule has 0 radical (unpaired) electrons. The molecule has 1 heterocycles. The summed E-state index contributed by atoms with van der Waals surface area (Å²) in [6.07, 6.45) is 0. The molecule has 0 aliphatic rings. The average Bonchev–Trinajstić information content (AvgIpc) is 2.87. The lowest BCUT2D eigenvalue weighted by Crippen LogP contribution is -1.95. The van der Waals surface area contributed by atoms with Crippen LogP contribution in [0.3, 0.4) is 0 Å². The molecule has 4 nitrogen and oxygen atoms in total. The third-order valence-corrected chi connectivity index (χ3v) is 3.81. The van der Waals surface area contributed by atoms with Crippen molar-refractivity contribution in [1.29, 1.82) is 0 Å². The summed E-state index contributed by atoms with van der Waals surface area (Å²) in [5.41, 5.74) is 0. The Labute approximate surface area is 121 Å². The van der Waals surface area contributed by atoms with E-state index in [1.54, 1.807) is 0 Å². The highest BCUT2D eigenvalue weighted by Gasteiger charge is 2.06. The number of rotatable bonds is 7. The van der Waals surface area contributed by atoms with Crippen LogP contribution in [0, 0.1) is 0 Å². The van der Waals surface area contributed by atoms with Crippen LogP contribution in [0.4, 0.5) is 0 Å². The van der Waals surface area contributed by atoms with Crippen molar-refractivity contribution in [3.8, 4) is 5.75 Å². The molecular weight excluding hydrogens is 280 g/mol. The minimum atomic E-state index is 0.303. The van der Waals surface area contributed by atoms with Crippen LogP contribution in [-0.2, 0) is 6.61 Å². The molecule has 102 valence electrons. The average molecular weight is 296 g/mol. The van der Waals surface area contributed by atoms with E-state index in [0.29, 0.717) is 17.7 Å². The second kappa shape index (κ2) is 7.45. The van der Waals surface area contributed by atoms with Gasteiger partial charge in [0.05, 0.1) is 0 Å². The maximum absolute atomic E-state index is 5.60. The molecule has 1 aromatic heterocycles. The van der Waals surface area contributed by atoms with Crippen LogP contribution in [0.2, 0.25) is 0 Å². The van der Waals surface area contributed by atoms with E-state index in [0.717, 1.165) is 17.3 Å². The first kappa shape index (κ1) is 14.3. The van der Waals surface area contributed by atoms with Gasteiger partial charge in [-0.25, -0.2) is 0 Å². The standard InChI is InChI=1S/C13H16N2O2S2/c1-3-18-11-7-5-10(6-8-11)16-9-12-14-15-13(17-12)19-4-2/h5-8H,3-4,9H2,1-2H3. The van der Waals surface area contributed by atoms with E-state index >= 15 is 0 Å². The molecule has 0 spiro atoms. The second-order valence-corrected chi connectivity index (χ2v) is 6.14. The molecule has 0 aliphatic carbocycles. The van der Waals surface area contributed by atoms with Crippen LogP contribution >= 0.6 is 23.5 Å². The van der Waals surface area contributed by atoms with Crippen LogP contribution in [-0.4, -0.2) is 21.7 Å². The van der Waals surface area contributed by atoms with Crippen LogP contribution in [0.5, 0.6) is 5.75 Å². The van der Waals surface area contributed by atoms with Gasteiger partial charge < -0.3 is 9.15 Å². The minimum Gasteiger partial charge on any atom is -0.484 e. The second-order valence-electron chi connectivity index (χ2n) is 3.59. The first-order valence-corrected chi connectivity index (χ1v) is 8.09. The van der Waals surface area contributed by atoms with Crippen LogP contribution in [0.15, 0.2) is 38.8 Å². The summed E-state index contributed by atoms with van der Waals surface area (Å²) in [5, 5.41) is 8.44. The largest absolute Gasteiger partial charge is 0.484 e. The molecule has 0 amide bonds. The van der Waals surface area contributed by atoms with E-state index in [1.165, 1.54) is 16.7 Å². The van der Waals surface area contributed by atoms with E-state index in [2.05, 4.69) is 29.3 Å². The normalized spacial score (nSPS) is 10.6. The quantitative estimate of drug-likeness (QED) is 0.723. The predicted molar refractivity (Wildman–Crippen MR) is 77.9 cm³/mol. The molecular formula is C13H16N2O2S2. The molecule has 0 N–H and O–H groups in total. The third-order valence-electron chi connectivity index (χ3n) is 2.21. The van der Waals surface area contributed by atoms with Gasteiger partial charge in [0.25, 0.3) is 11.1 Å². The maximum Gasteiger partial charge on any atom is 0.276 e. The summed E-state index contributed by atoms with van der Waals surface area (Å²) in [5.74, 6) is 3.30. The number of nitrogens with zero attached hydrogens (tertiary/aromatic N) is 2. The highest BCUT2D eigenvalue weighted by molar-refractivity contribution is 7.99. The number of hydrogen-bond acceptors (Lipinski definition) is 6. The molecule has 2 rings (SSSR count). The van der Waals surface area contributed by atoms with Gasteiger partial charge in [0.1, 0.15) is 5.75 Å². The zero-order valence-corrected chi connectivity index (χ0v) is 12.6. The Kier molecular flexibility index (Phi) is 5.60. The lowest BCUT2D eigenvalue weighted by Gasteiger charge is -2.04. The van der Waals surface area contributed by atoms with Gasteiger partial charge in [0.15, 0.2) is 6.61 Å². The van der Waals surface area contributed by atoms with Gasteiger partial charge in [-0.3, -0.25) is 0 Å². The van der Waals surface area contributed by atoms with Gasteiger partial charge >= 0.3 is 0 Å². The molecule has 2 aromatic rings. The SMILES string of the molecule is CCSc1ccc(OCc2nnc(SCC)o2)cc1. The summed E-state index contributed by atoms with van der Waals surface area (Å²) >= 11 is 3.33. The van der Waals surface area contributed by atoms with Gasteiger partial charge in [-0.15, -0.1) is 22.0 Å². The Morgan fingerprint density at radius 2 is 1.79 bits per heavy atom. The van der Waals surface area contributed by atoms with Crippen molar-refractivity contribution in [1.82, 2.24) is 10.2 Å². The number of benzene rings is 1. The van der Waals surface area contributed by atoms with Gasteiger partial charge in [0, 0.05) is 4.90 Å². The topological polar surface area (TPSA) is 48.2 Å². The van der Waals surface area contributed by atoms with E-state index in [9.17, 15) is 0 Å². The molecule has 0 aliphatic heterocycles. The van der Waals surface area contributed by atoms with Gasteiger partial charge in [-0.2, -0.15) is 0 Å². The fraction of sp³-hybridized carbons (Fsp3) is 0.385. The van der Waals surface area contributed by atoms with Crippen LogP contribution in [0.1, 0.15) is 19.7 Å². The highest BCUT2D eigenvalue weighted by atomic mass is 32.2. The molecule has 0 bridgehead atoms. The molecule has 19 heavy (non-hydrogen) atoms. The molecule has 0 fully saturated rings. The molecule has 0 unspecified atom stereocenters. The Balaban J connectivity index is 1.86. The Morgan fingerprint density at radius 3 is 2.47 bits per heavy atom. The van der Waals surface area contributed by atoms with E-state index in [1.807, 2.05) is 30.8 Å². The predicted octanol–water partition coefficient (Wildman–Crippen LogP) is 3.87. The van der Waals surface area contributed by atoms with Crippen LogP contribution in [0.25, 0.3) is 0 Å². The number of hydrogen-bond donors (Lipinski definition) is 0. The monoisotopic (exact) mass is 296 g/mol. The van der Waals surface area contributed by atoms with Crippen molar-refractivity contribution < 1.29 is 9.15 Å². The van der Waals surface area contributed by atoms with Crippen molar-refractivity contribution >= 4 is 23.5 Å². The highest BCUT2D eigenvalue weighted by Crippen LogP contribution is 2.22. The van der Waals surface area contributed by atoms with Crippen LogP contribution < -0.4 is 4.74 Å². The number of ether oxygens (including phenoxy) is 1. The summed E-state index contributed by atoms with van der Waals surface area (Å²) in [6, 6.07) is 8.01. The van der Waals surface area contributed by atoms with Crippen molar-refractivity contribution in [2.45, 2.75) is 30.6 Å². The van der Waals surface area contributed by atoms with Crippen molar-refractivity contribution in [3.63, 3.8) is 0 Å². The minimum absolute atomic E-state index is 0.303. The van der Waals surface area contributed by atoms with Crippen molar-refractivity contribution in [2.24, 2.45) is 0 Å². The zero-order valence-electron chi connectivity index (χ0n) is 11.0. The first-order valence-electron chi connectivity index (χ1n) is 6.12. The fourth-order valence-corrected chi connectivity index (χ4v) is 2.58. The summed E-state index contributed by atoms with van der Waals surface area (Å²) in [6.45, 7) is 4.48. The van der Waals surface area contributed by atoms with Gasteiger partial charge in [-0.05, 0) is 35.8 Å². The van der Waals surface area contributed by atoms with E-state index in [4.69, 9.17) is 9.15 Å². The Morgan fingerprint density at radius 1 is 1.05 bits per heavy atom. The van der Waals surface area contributed by atoms with Gasteiger partial charge in [0.2, 0.25) is 0 Å². The lowest BCUT2D eigenvalue weighted by molar-refractivity contribution is 0.252. The first-order chi connectivity index (χ1) is 9.31. The Hall–Kier alpha value is -1.14. The van der Waals surface area contributed by atoms with Crippen molar-refractivity contribution in [3.05, 3.63) is 30.2 Å². The number of aromatic nitrogens is 2. The van der Waals surface area contributed by atoms with Gasteiger partial charge in [-0.1, -0.05) is 25.6 Å². The summed E-state index contributed by atoms with van der Waals surface area (Å²) in [4.78, 5) is 1.24. The summed E-state index contributed by atoms with van der Waals surface area (Å²) < 4.78 is 11.0. The summed E-state index contributed by atoms with van der Waals surface area (Å²) in [7, 11) is 0. The number of thioether (sulfide) groups is 2. The van der Waals surface area contributed by atoms with Crippen molar-refractivity contribution in [2.75, 3.05) is 11.5 Å². The smallest absolute Gasteiger partial charge is 0.276 e. The third kappa shape index (κ3) is 4.47.